The van der Waals surface area contributed by atoms with Gasteiger partial charge in [0.15, 0.2) is 0 Å². The van der Waals surface area contributed by atoms with Crippen molar-refractivity contribution in [2.45, 2.75) is 32.4 Å². The summed E-state index contributed by atoms with van der Waals surface area (Å²) < 4.78 is 0.929. The van der Waals surface area contributed by atoms with Crippen LogP contribution in [0.15, 0.2) is 22.7 Å². The van der Waals surface area contributed by atoms with Gasteiger partial charge >= 0.3 is 5.97 Å². The van der Waals surface area contributed by atoms with Gasteiger partial charge < -0.3 is 5.11 Å². The minimum atomic E-state index is -0.745. The van der Waals surface area contributed by atoms with Crippen LogP contribution < -0.4 is 0 Å². The average Bonchev–Trinajstić information content (AvgIpc) is 2.70. The van der Waals surface area contributed by atoms with Gasteiger partial charge in [-0.3, -0.25) is 9.69 Å². The molecule has 0 bridgehead atoms. The Hall–Kier alpha value is -0.580. The van der Waals surface area contributed by atoms with Crippen LogP contribution in [0.5, 0.6) is 0 Å². The molecule has 0 saturated carbocycles. The van der Waals surface area contributed by atoms with Crippen molar-refractivity contribution in [1.29, 1.82) is 0 Å². The topological polar surface area (TPSA) is 40.5 Å². The molecule has 104 valence electrons. The SMILES string of the molecule is CC1CCN(C(C)c2ccc(Br)cc2Cl)C1C(=O)O. The molecule has 1 aliphatic heterocycles. The first-order valence-electron chi connectivity index (χ1n) is 6.35. The van der Waals surface area contributed by atoms with Crippen molar-refractivity contribution in [3.05, 3.63) is 33.3 Å². The Morgan fingerprint density at radius 3 is 2.84 bits per heavy atom. The van der Waals surface area contributed by atoms with Gasteiger partial charge in [-0.15, -0.1) is 0 Å². The van der Waals surface area contributed by atoms with E-state index in [2.05, 4.69) is 15.9 Å². The predicted molar refractivity (Wildman–Crippen MR) is 79.5 cm³/mol. The van der Waals surface area contributed by atoms with Crippen LogP contribution in [0.1, 0.15) is 31.9 Å². The van der Waals surface area contributed by atoms with Gasteiger partial charge in [0, 0.05) is 15.5 Å². The second-order valence-corrected chi connectivity index (χ2v) is 6.45. The van der Waals surface area contributed by atoms with E-state index in [0.717, 1.165) is 23.0 Å². The lowest BCUT2D eigenvalue weighted by Crippen LogP contribution is -2.40. The van der Waals surface area contributed by atoms with Crippen LogP contribution in [0.2, 0.25) is 5.02 Å². The largest absolute Gasteiger partial charge is 0.480 e. The lowest BCUT2D eigenvalue weighted by atomic mass is 10.0. The third-order valence-corrected chi connectivity index (χ3v) is 4.72. The number of benzene rings is 1. The Morgan fingerprint density at radius 2 is 2.26 bits per heavy atom. The normalized spacial score (nSPS) is 25.5. The van der Waals surface area contributed by atoms with E-state index < -0.39 is 12.0 Å². The van der Waals surface area contributed by atoms with Crippen LogP contribution in [-0.4, -0.2) is 28.6 Å². The van der Waals surface area contributed by atoms with Gasteiger partial charge in [0.1, 0.15) is 6.04 Å². The standard InChI is InChI=1S/C14H17BrClNO2/c1-8-5-6-17(13(8)14(18)19)9(2)11-4-3-10(15)7-12(11)16/h3-4,7-9,13H,5-6H2,1-2H3,(H,18,19). The summed E-state index contributed by atoms with van der Waals surface area (Å²) in [5.41, 5.74) is 0.977. The maximum absolute atomic E-state index is 11.4. The van der Waals surface area contributed by atoms with Crippen molar-refractivity contribution in [1.82, 2.24) is 4.90 Å². The van der Waals surface area contributed by atoms with Gasteiger partial charge in [-0.1, -0.05) is 40.5 Å². The predicted octanol–water partition coefficient (Wildman–Crippen LogP) is 3.96. The number of aliphatic carboxylic acids is 1. The second-order valence-electron chi connectivity index (χ2n) is 5.13. The maximum atomic E-state index is 11.4. The third-order valence-electron chi connectivity index (χ3n) is 3.90. The Balaban J connectivity index is 2.28. The van der Waals surface area contributed by atoms with E-state index in [-0.39, 0.29) is 12.0 Å². The maximum Gasteiger partial charge on any atom is 0.321 e. The molecule has 1 heterocycles. The Labute approximate surface area is 126 Å². The van der Waals surface area contributed by atoms with Crippen molar-refractivity contribution in [2.24, 2.45) is 5.92 Å². The quantitative estimate of drug-likeness (QED) is 0.900. The molecule has 3 unspecified atom stereocenters. The van der Waals surface area contributed by atoms with E-state index in [0.29, 0.717) is 5.02 Å². The van der Waals surface area contributed by atoms with Crippen LogP contribution in [-0.2, 0) is 4.79 Å². The molecule has 1 aromatic carbocycles. The zero-order valence-corrected chi connectivity index (χ0v) is 13.3. The van der Waals surface area contributed by atoms with Gasteiger partial charge in [0.05, 0.1) is 0 Å². The molecule has 0 amide bonds. The first-order chi connectivity index (χ1) is 8.91. The summed E-state index contributed by atoms with van der Waals surface area (Å²) in [6, 6.07) is 5.33. The zero-order chi connectivity index (χ0) is 14.2. The van der Waals surface area contributed by atoms with Crippen molar-refractivity contribution in [3.8, 4) is 0 Å². The molecular weight excluding hydrogens is 330 g/mol. The molecule has 1 fully saturated rings. The highest BCUT2D eigenvalue weighted by Crippen LogP contribution is 2.36. The molecule has 2 rings (SSSR count). The summed E-state index contributed by atoms with van der Waals surface area (Å²) >= 11 is 9.64. The molecule has 3 nitrogen and oxygen atoms in total. The van der Waals surface area contributed by atoms with E-state index >= 15 is 0 Å². The summed E-state index contributed by atoms with van der Waals surface area (Å²) in [5.74, 6) is -0.570. The summed E-state index contributed by atoms with van der Waals surface area (Å²) in [6.07, 6.45) is 0.912. The highest BCUT2D eigenvalue weighted by atomic mass is 79.9. The summed E-state index contributed by atoms with van der Waals surface area (Å²) in [7, 11) is 0. The monoisotopic (exact) mass is 345 g/mol. The number of carbonyl (C=O) groups is 1. The van der Waals surface area contributed by atoms with Gasteiger partial charge in [-0.25, -0.2) is 0 Å². The molecule has 5 heteroatoms. The first-order valence-corrected chi connectivity index (χ1v) is 7.52. The summed E-state index contributed by atoms with van der Waals surface area (Å²) in [6.45, 7) is 4.81. The van der Waals surface area contributed by atoms with Gasteiger partial charge in [-0.2, -0.15) is 0 Å². The molecule has 0 aromatic heterocycles. The number of halogens is 2. The average molecular weight is 347 g/mol. The summed E-state index contributed by atoms with van der Waals surface area (Å²) in [5, 5.41) is 10.1. The Bertz CT molecular complexity index is 494. The van der Waals surface area contributed by atoms with Crippen LogP contribution >= 0.6 is 27.5 Å². The molecule has 1 saturated heterocycles. The fraction of sp³-hybridized carbons (Fsp3) is 0.500. The number of hydrogen-bond donors (Lipinski definition) is 1. The summed E-state index contributed by atoms with van der Waals surface area (Å²) in [4.78, 5) is 13.4. The van der Waals surface area contributed by atoms with Gasteiger partial charge in [0.25, 0.3) is 0 Å². The Morgan fingerprint density at radius 1 is 1.58 bits per heavy atom. The highest BCUT2D eigenvalue weighted by Gasteiger charge is 2.39. The molecule has 1 aromatic rings. The van der Waals surface area contributed by atoms with Gasteiger partial charge in [-0.05, 0) is 43.5 Å². The van der Waals surface area contributed by atoms with Crippen LogP contribution in [0, 0.1) is 5.92 Å². The molecule has 3 atom stereocenters. The molecule has 1 N–H and O–H groups in total. The molecule has 19 heavy (non-hydrogen) atoms. The van der Waals surface area contributed by atoms with E-state index in [1.165, 1.54) is 0 Å². The first kappa shape index (κ1) is 14.8. The number of carboxylic acids is 1. The zero-order valence-electron chi connectivity index (χ0n) is 10.9. The van der Waals surface area contributed by atoms with Gasteiger partial charge in [0.2, 0.25) is 0 Å². The van der Waals surface area contributed by atoms with Crippen LogP contribution in [0.4, 0.5) is 0 Å². The molecule has 1 aliphatic rings. The van der Waals surface area contributed by atoms with Crippen molar-refractivity contribution >= 4 is 33.5 Å². The number of likely N-dealkylation sites (tertiary alicyclic amines) is 1. The van der Waals surface area contributed by atoms with E-state index in [1.807, 2.05) is 36.9 Å². The lowest BCUT2D eigenvalue weighted by molar-refractivity contribution is -0.144. The lowest BCUT2D eigenvalue weighted by Gasteiger charge is -2.30. The number of rotatable bonds is 3. The molecule has 0 aliphatic carbocycles. The smallest absolute Gasteiger partial charge is 0.321 e. The third kappa shape index (κ3) is 2.96. The van der Waals surface area contributed by atoms with Crippen LogP contribution in [0.25, 0.3) is 0 Å². The second kappa shape index (κ2) is 5.81. The minimum absolute atomic E-state index is 0.00616. The fourth-order valence-electron chi connectivity index (χ4n) is 2.82. The fourth-order valence-corrected chi connectivity index (χ4v) is 3.65. The van der Waals surface area contributed by atoms with Crippen LogP contribution in [0.3, 0.4) is 0 Å². The number of nitrogens with zero attached hydrogens (tertiary/aromatic N) is 1. The molecular formula is C14H17BrClNO2. The van der Waals surface area contributed by atoms with E-state index in [1.54, 1.807) is 0 Å². The van der Waals surface area contributed by atoms with Crippen molar-refractivity contribution in [3.63, 3.8) is 0 Å². The van der Waals surface area contributed by atoms with Crippen molar-refractivity contribution < 1.29 is 9.90 Å². The minimum Gasteiger partial charge on any atom is -0.480 e. The molecule has 0 radical (unpaired) electrons. The highest BCUT2D eigenvalue weighted by molar-refractivity contribution is 9.10. The molecule has 0 spiro atoms. The number of carboxylic acid groups (broad SMARTS) is 1. The van der Waals surface area contributed by atoms with Crippen molar-refractivity contribution in [2.75, 3.05) is 6.54 Å². The van der Waals surface area contributed by atoms with E-state index in [9.17, 15) is 9.90 Å². The Kier molecular flexibility index (Phi) is 4.54. The number of hydrogen-bond acceptors (Lipinski definition) is 2. The van der Waals surface area contributed by atoms with E-state index in [4.69, 9.17) is 11.6 Å².